The van der Waals surface area contributed by atoms with E-state index in [-0.39, 0.29) is 0 Å². The minimum Gasteiger partial charge on any atom is -0.450 e. The van der Waals surface area contributed by atoms with Gasteiger partial charge in [-0.1, -0.05) is 6.92 Å². The molecule has 0 aliphatic carbocycles. The van der Waals surface area contributed by atoms with Gasteiger partial charge in [-0.05, 0) is 13.3 Å². The highest BCUT2D eigenvalue weighted by atomic mass is 16.5. The van der Waals surface area contributed by atoms with Crippen LogP contribution in [0.4, 0.5) is 4.79 Å². The average Bonchev–Trinajstić information content (AvgIpc) is 2.01. The van der Waals surface area contributed by atoms with Crippen molar-refractivity contribution in [2.24, 2.45) is 0 Å². The average molecular weight is 156 g/mol. The molecule has 1 atom stereocenters. The van der Waals surface area contributed by atoms with Gasteiger partial charge in [-0.15, -0.1) is 0 Å². The first-order chi connectivity index (χ1) is 5.24. The van der Waals surface area contributed by atoms with Crippen LogP contribution in [0.3, 0.4) is 0 Å². The van der Waals surface area contributed by atoms with Gasteiger partial charge in [-0.3, -0.25) is 0 Å². The molecule has 1 amide bonds. The zero-order valence-electron chi connectivity index (χ0n) is 6.76. The monoisotopic (exact) mass is 156 g/mol. The molecule has 62 valence electrons. The van der Waals surface area contributed by atoms with E-state index in [1.165, 1.54) is 0 Å². The summed E-state index contributed by atoms with van der Waals surface area (Å²) in [6.45, 7) is 3.86. The van der Waals surface area contributed by atoms with Crippen LogP contribution in [-0.4, -0.2) is 18.7 Å². The van der Waals surface area contributed by atoms with Gasteiger partial charge in [0.05, 0.1) is 12.7 Å². The normalized spacial score (nSPS) is 11.4. The molecule has 0 aromatic heterocycles. The minimum absolute atomic E-state index is 0.327. The third-order valence-corrected chi connectivity index (χ3v) is 1.13. The Morgan fingerprint density at radius 1 is 1.73 bits per heavy atom. The second-order valence-corrected chi connectivity index (χ2v) is 1.95. The van der Waals surface area contributed by atoms with Gasteiger partial charge < -0.3 is 10.1 Å². The van der Waals surface area contributed by atoms with Crippen molar-refractivity contribution in [2.45, 2.75) is 26.3 Å². The fourth-order valence-corrected chi connectivity index (χ4v) is 0.541. The van der Waals surface area contributed by atoms with Crippen molar-refractivity contribution in [3.8, 4) is 6.07 Å². The molecule has 0 unspecified atom stereocenters. The van der Waals surface area contributed by atoms with Crippen LogP contribution < -0.4 is 5.32 Å². The number of nitrogens with one attached hydrogen (secondary N) is 1. The molecular weight excluding hydrogens is 144 g/mol. The number of rotatable bonds is 3. The summed E-state index contributed by atoms with van der Waals surface area (Å²) in [5.41, 5.74) is 0. The smallest absolute Gasteiger partial charge is 0.408 e. The van der Waals surface area contributed by atoms with E-state index in [0.717, 1.165) is 0 Å². The Bertz CT molecular complexity index is 162. The van der Waals surface area contributed by atoms with Crippen molar-refractivity contribution >= 4 is 6.09 Å². The van der Waals surface area contributed by atoms with Crippen molar-refractivity contribution in [2.75, 3.05) is 6.61 Å². The zero-order chi connectivity index (χ0) is 8.69. The minimum atomic E-state index is -0.527. The van der Waals surface area contributed by atoms with Crippen LogP contribution in [0.15, 0.2) is 0 Å². The molecule has 0 heterocycles. The fourth-order valence-electron chi connectivity index (χ4n) is 0.541. The summed E-state index contributed by atoms with van der Waals surface area (Å²) in [5.74, 6) is 0. The van der Waals surface area contributed by atoms with E-state index in [2.05, 4.69) is 10.1 Å². The van der Waals surface area contributed by atoms with Crippen molar-refractivity contribution in [3.05, 3.63) is 0 Å². The van der Waals surface area contributed by atoms with Gasteiger partial charge in [0.2, 0.25) is 0 Å². The van der Waals surface area contributed by atoms with Crippen molar-refractivity contribution < 1.29 is 9.53 Å². The maximum Gasteiger partial charge on any atom is 0.408 e. The largest absolute Gasteiger partial charge is 0.450 e. The maximum atomic E-state index is 10.7. The van der Waals surface area contributed by atoms with Crippen LogP contribution in [0.5, 0.6) is 0 Å². The molecule has 4 nitrogen and oxygen atoms in total. The van der Waals surface area contributed by atoms with Crippen LogP contribution >= 0.6 is 0 Å². The Kier molecular flexibility index (Phi) is 4.91. The Labute approximate surface area is 66.1 Å². The lowest BCUT2D eigenvalue weighted by Gasteiger charge is -2.07. The quantitative estimate of drug-likeness (QED) is 0.663. The molecule has 0 bridgehead atoms. The molecule has 0 spiro atoms. The molecule has 0 fully saturated rings. The van der Waals surface area contributed by atoms with Crippen LogP contribution in [0.25, 0.3) is 0 Å². The number of nitriles is 1. The summed E-state index contributed by atoms with van der Waals surface area (Å²) in [4.78, 5) is 10.7. The van der Waals surface area contributed by atoms with Gasteiger partial charge >= 0.3 is 6.09 Å². The summed E-state index contributed by atoms with van der Waals surface area (Å²) >= 11 is 0. The molecule has 0 rings (SSSR count). The predicted octanol–water partition coefficient (Wildman–Crippen LogP) is 1.03. The lowest BCUT2D eigenvalue weighted by atomic mass is 10.3. The number of carbonyl (C=O) groups excluding carboxylic acids is 1. The Morgan fingerprint density at radius 2 is 2.36 bits per heavy atom. The first-order valence-electron chi connectivity index (χ1n) is 3.57. The summed E-state index contributed by atoms with van der Waals surface area (Å²) in [6.07, 6.45) is 0.0656. The molecule has 11 heavy (non-hydrogen) atoms. The highest BCUT2D eigenvalue weighted by molar-refractivity contribution is 5.67. The van der Waals surface area contributed by atoms with E-state index in [9.17, 15) is 4.79 Å². The summed E-state index contributed by atoms with van der Waals surface area (Å²) in [6, 6.07) is 1.49. The first kappa shape index (κ1) is 9.76. The number of ether oxygens (including phenoxy) is 1. The van der Waals surface area contributed by atoms with E-state index < -0.39 is 12.1 Å². The van der Waals surface area contributed by atoms with E-state index in [1.54, 1.807) is 6.92 Å². The fraction of sp³-hybridized carbons (Fsp3) is 0.714. The van der Waals surface area contributed by atoms with Crippen molar-refractivity contribution in [1.82, 2.24) is 5.32 Å². The topological polar surface area (TPSA) is 62.1 Å². The number of hydrogen-bond acceptors (Lipinski definition) is 3. The molecule has 0 radical (unpaired) electrons. The molecule has 0 saturated heterocycles. The number of hydrogen-bond donors (Lipinski definition) is 1. The van der Waals surface area contributed by atoms with E-state index in [4.69, 9.17) is 5.26 Å². The standard InChI is InChI=1S/C7H12N2O2/c1-3-6(5-8)9-7(10)11-4-2/h6H,3-4H2,1-2H3,(H,9,10)/t6-/m0/s1. The number of alkyl carbamates (subject to hydrolysis) is 1. The number of amides is 1. The van der Waals surface area contributed by atoms with E-state index >= 15 is 0 Å². The molecule has 4 heteroatoms. The molecule has 0 aliphatic heterocycles. The zero-order valence-corrected chi connectivity index (χ0v) is 6.76. The van der Waals surface area contributed by atoms with Crippen LogP contribution in [0.1, 0.15) is 20.3 Å². The summed E-state index contributed by atoms with van der Waals surface area (Å²) < 4.78 is 4.57. The molecule has 1 N–H and O–H groups in total. The predicted molar refractivity (Wildman–Crippen MR) is 39.8 cm³/mol. The third-order valence-electron chi connectivity index (χ3n) is 1.13. The molecule has 0 aliphatic rings. The highest BCUT2D eigenvalue weighted by Crippen LogP contribution is 1.88. The van der Waals surface area contributed by atoms with Gasteiger partial charge in [0.25, 0.3) is 0 Å². The third kappa shape index (κ3) is 4.20. The Balaban J connectivity index is 3.65. The van der Waals surface area contributed by atoms with Gasteiger partial charge in [0.15, 0.2) is 0 Å². The SMILES string of the molecule is CCOC(=O)N[C@H](C#N)CC. The highest BCUT2D eigenvalue weighted by Gasteiger charge is 2.07. The summed E-state index contributed by atoms with van der Waals surface area (Å²) in [5, 5.41) is 10.8. The maximum absolute atomic E-state index is 10.7. The van der Waals surface area contributed by atoms with Gasteiger partial charge in [0.1, 0.15) is 6.04 Å². The Morgan fingerprint density at radius 3 is 2.73 bits per heavy atom. The second kappa shape index (κ2) is 5.54. The van der Waals surface area contributed by atoms with E-state index in [1.807, 2.05) is 13.0 Å². The first-order valence-corrected chi connectivity index (χ1v) is 3.57. The summed E-state index contributed by atoms with van der Waals surface area (Å²) in [7, 11) is 0. The van der Waals surface area contributed by atoms with Gasteiger partial charge in [-0.25, -0.2) is 4.79 Å². The van der Waals surface area contributed by atoms with Gasteiger partial charge in [0, 0.05) is 0 Å². The lowest BCUT2D eigenvalue weighted by molar-refractivity contribution is 0.150. The van der Waals surface area contributed by atoms with E-state index in [0.29, 0.717) is 13.0 Å². The molecule has 0 aromatic rings. The van der Waals surface area contributed by atoms with Gasteiger partial charge in [-0.2, -0.15) is 5.26 Å². The van der Waals surface area contributed by atoms with Crippen molar-refractivity contribution in [1.29, 1.82) is 5.26 Å². The Hall–Kier alpha value is -1.24. The van der Waals surface area contributed by atoms with Crippen LogP contribution in [0.2, 0.25) is 0 Å². The number of carbonyl (C=O) groups is 1. The van der Waals surface area contributed by atoms with Crippen molar-refractivity contribution in [3.63, 3.8) is 0 Å². The molecular formula is C7H12N2O2. The molecule has 0 aromatic carbocycles. The molecule has 0 saturated carbocycles. The lowest BCUT2D eigenvalue weighted by Crippen LogP contribution is -2.33. The second-order valence-electron chi connectivity index (χ2n) is 1.95. The number of nitrogens with zero attached hydrogens (tertiary/aromatic N) is 1. The van der Waals surface area contributed by atoms with Crippen LogP contribution in [0, 0.1) is 11.3 Å². The van der Waals surface area contributed by atoms with Crippen LogP contribution in [-0.2, 0) is 4.74 Å².